The highest BCUT2D eigenvalue weighted by molar-refractivity contribution is 7.90. The van der Waals surface area contributed by atoms with Crippen LogP contribution in [-0.4, -0.2) is 30.4 Å². The first kappa shape index (κ1) is 17.6. The minimum Gasteiger partial charge on any atom is -0.269 e. The molecule has 2 bridgehead atoms. The Bertz CT molecular complexity index is 925. The maximum atomic E-state index is 13.3. The van der Waals surface area contributed by atoms with Gasteiger partial charge in [-0.1, -0.05) is 19.9 Å². The molecular weight excluding hydrogens is 360 g/mol. The number of halogens is 2. The van der Waals surface area contributed by atoms with Gasteiger partial charge in [0.25, 0.3) is 5.91 Å². The molecule has 1 aromatic rings. The van der Waals surface area contributed by atoms with Gasteiger partial charge in [-0.05, 0) is 54.4 Å². The van der Waals surface area contributed by atoms with Crippen LogP contribution >= 0.6 is 0 Å². The average Bonchev–Trinajstić information content (AvgIpc) is 3.03. The summed E-state index contributed by atoms with van der Waals surface area (Å²) in [6.45, 7) is 4.23. The number of benzene rings is 1. The first-order valence-corrected chi connectivity index (χ1v) is 10.4. The van der Waals surface area contributed by atoms with Crippen LogP contribution in [0.2, 0.25) is 0 Å². The highest BCUT2D eigenvalue weighted by Gasteiger charge is 2.72. The van der Waals surface area contributed by atoms with Crippen molar-refractivity contribution >= 4 is 22.0 Å². The average molecular weight is 381 g/mol. The maximum Gasteiger partial charge on any atom is 0.260 e. The van der Waals surface area contributed by atoms with Crippen molar-refractivity contribution in [1.29, 1.82) is 0 Å². The standard InChI is InChI=1S/C19H21F2NO3S/c1-18(2)13-7-8-19(18)11-26(24,25)22(16(19)10-13)17(23)6-4-12-3-5-14(20)15(21)9-12/h3-6,9,13,16H,7-8,10-11H2,1-2H3/b6-4+. The third kappa shape index (κ3) is 2.22. The number of nitrogens with zero attached hydrogens (tertiary/aromatic N) is 1. The molecule has 3 fully saturated rings. The molecule has 4 nitrogen and oxygen atoms in total. The molecule has 3 atom stereocenters. The van der Waals surface area contributed by atoms with Gasteiger partial charge in [0.05, 0.1) is 11.8 Å². The van der Waals surface area contributed by atoms with E-state index in [4.69, 9.17) is 0 Å². The zero-order chi connectivity index (χ0) is 18.9. The van der Waals surface area contributed by atoms with Crippen LogP contribution in [0.15, 0.2) is 24.3 Å². The Kier molecular flexibility index (Phi) is 3.65. The van der Waals surface area contributed by atoms with Crippen molar-refractivity contribution in [3.63, 3.8) is 0 Å². The summed E-state index contributed by atoms with van der Waals surface area (Å²) in [5.74, 6) is -2.16. The first-order chi connectivity index (χ1) is 12.1. The van der Waals surface area contributed by atoms with E-state index in [1.165, 1.54) is 12.1 Å². The van der Waals surface area contributed by atoms with E-state index in [1.54, 1.807) is 0 Å². The first-order valence-electron chi connectivity index (χ1n) is 8.78. The summed E-state index contributed by atoms with van der Waals surface area (Å²) in [5, 5.41) is 0. The largest absolute Gasteiger partial charge is 0.269 e. The molecule has 7 heteroatoms. The molecule has 2 saturated carbocycles. The zero-order valence-electron chi connectivity index (χ0n) is 14.7. The Balaban J connectivity index is 1.64. The minimum atomic E-state index is -3.68. The fourth-order valence-corrected chi connectivity index (χ4v) is 7.95. The molecule has 1 aliphatic heterocycles. The van der Waals surface area contributed by atoms with Gasteiger partial charge in [0.1, 0.15) is 0 Å². The quantitative estimate of drug-likeness (QED) is 0.739. The predicted molar refractivity (Wildman–Crippen MR) is 93.4 cm³/mol. The Labute approximate surface area is 151 Å². The van der Waals surface area contributed by atoms with E-state index in [9.17, 15) is 22.0 Å². The van der Waals surface area contributed by atoms with Gasteiger partial charge in [-0.15, -0.1) is 0 Å². The topological polar surface area (TPSA) is 54.5 Å². The summed E-state index contributed by atoms with van der Waals surface area (Å²) in [6.07, 6.45) is 5.00. The van der Waals surface area contributed by atoms with Gasteiger partial charge in [-0.2, -0.15) is 0 Å². The molecule has 2 aliphatic carbocycles. The molecule has 1 heterocycles. The van der Waals surface area contributed by atoms with Crippen LogP contribution in [0.1, 0.15) is 38.7 Å². The lowest BCUT2D eigenvalue weighted by Gasteiger charge is -2.36. The molecule has 4 rings (SSSR count). The number of hydrogen-bond donors (Lipinski definition) is 0. The summed E-state index contributed by atoms with van der Waals surface area (Å²) >= 11 is 0. The number of carbonyl (C=O) groups is 1. The molecule has 26 heavy (non-hydrogen) atoms. The van der Waals surface area contributed by atoms with E-state index < -0.39 is 27.6 Å². The Morgan fingerprint density at radius 3 is 2.65 bits per heavy atom. The van der Waals surface area contributed by atoms with Gasteiger partial charge in [-0.25, -0.2) is 21.5 Å². The number of fused-ring (bicyclic) bond motifs is 1. The fourth-order valence-electron chi connectivity index (χ4n) is 5.44. The van der Waals surface area contributed by atoms with Gasteiger partial charge < -0.3 is 0 Å². The third-order valence-electron chi connectivity index (χ3n) is 6.99. The third-order valence-corrected chi connectivity index (χ3v) is 8.90. The monoisotopic (exact) mass is 381 g/mol. The van der Waals surface area contributed by atoms with Crippen molar-refractivity contribution in [2.45, 2.75) is 39.2 Å². The van der Waals surface area contributed by atoms with E-state index in [1.807, 2.05) is 0 Å². The second kappa shape index (κ2) is 5.38. The highest BCUT2D eigenvalue weighted by atomic mass is 32.2. The highest BCUT2D eigenvalue weighted by Crippen LogP contribution is 2.69. The molecule has 0 N–H and O–H groups in total. The zero-order valence-corrected chi connectivity index (χ0v) is 15.5. The minimum absolute atomic E-state index is 0.0128. The molecule has 1 aromatic carbocycles. The molecule has 1 spiro atoms. The molecule has 0 aromatic heterocycles. The summed E-state index contributed by atoms with van der Waals surface area (Å²) in [7, 11) is -3.68. The van der Waals surface area contributed by atoms with Crippen LogP contribution in [0.5, 0.6) is 0 Å². The smallest absolute Gasteiger partial charge is 0.260 e. The molecule has 140 valence electrons. The van der Waals surface area contributed by atoms with Gasteiger partial charge >= 0.3 is 0 Å². The van der Waals surface area contributed by atoms with Gasteiger partial charge in [0, 0.05) is 11.5 Å². The number of hydrogen-bond acceptors (Lipinski definition) is 3. The van der Waals surface area contributed by atoms with Crippen LogP contribution in [0.4, 0.5) is 8.78 Å². The van der Waals surface area contributed by atoms with Crippen molar-refractivity contribution in [2.75, 3.05) is 5.75 Å². The number of sulfonamides is 1. The molecule has 3 aliphatic rings. The Morgan fingerprint density at radius 1 is 1.27 bits per heavy atom. The summed E-state index contributed by atoms with van der Waals surface area (Å²) in [5.41, 5.74) is -0.178. The molecule has 1 amide bonds. The molecule has 0 radical (unpaired) electrons. The predicted octanol–water partition coefficient (Wildman–Crippen LogP) is 3.34. The van der Waals surface area contributed by atoms with Crippen molar-refractivity contribution in [1.82, 2.24) is 4.31 Å². The summed E-state index contributed by atoms with van der Waals surface area (Å²) in [6, 6.07) is 2.98. The Hall–Kier alpha value is -1.76. The van der Waals surface area contributed by atoms with Gasteiger partial charge in [0.2, 0.25) is 10.0 Å². The maximum absolute atomic E-state index is 13.3. The van der Waals surface area contributed by atoms with Crippen molar-refractivity contribution < 1.29 is 22.0 Å². The van der Waals surface area contributed by atoms with Crippen molar-refractivity contribution in [3.05, 3.63) is 41.5 Å². The number of amides is 1. The van der Waals surface area contributed by atoms with Crippen LogP contribution in [0.25, 0.3) is 6.08 Å². The van der Waals surface area contributed by atoms with E-state index in [2.05, 4.69) is 13.8 Å². The van der Waals surface area contributed by atoms with Crippen molar-refractivity contribution in [3.8, 4) is 0 Å². The van der Waals surface area contributed by atoms with Crippen LogP contribution in [0.3, 0.4) is 0 Å². The van der Waals surface area contributed by atoms with Gasteiger partial charge in [-0.3, -0.25) is 4.79 Å². The number of carbonyl (C=O) groups excluding carboxylic acids is 1. The second-order valence-corrected chi connectivity index (χ2v) is 10.1. The van der Waals surface area contributed by atoms with E-state index in [-0.39, 0.29) is 22.6 Å². The van der Waals surface area contributed by atoms with E-state index >= 15 is 0 Å². The Morgan fingerprint density at radius 2 is 2.00 bits per heavy atom. The lowest BCUT2D eigenvalue weighted by atomic mass is 9.69. The summed E-state index contributed by atoms with van der Waals surface area (Å²) in [4.78, 5) is 12.7. The van der Waals surface area contributed by atoms with Crippen LogP contribution in [0, 0.1) is 28.4 Å². The number of rotatable bonds is 2. The molecular formula is C19H21F2NO3S. The second-order valence-electron chi connectivity index (χ2n) is 8.26. The normalized spacial score (nSPS) is 33.8. The molecule has 3 unspecified atom stereocenters. The van der Waals surface area contributed by atoms with Crippen LogP contribution in [-0.2, 0) is 14.8 Å². The summed E-state index contributed by atoms with van der Waals surface area (Å²) < 4.78 is 52.9. The fraction of sp³-hybridized carbons (Fsp3) is 0.526. The lowest BCUT2D eigenvalue weighted by molar-refractivity contribution is -0.123. The van der Waals surface area contributed by atoms with E-state index in [0.717, 1.165) is 35.4 Å². The van der Waals surface area contributed by atoms with E-state index in [0.29, 0.717) is 17.9 Å². The van der Waals surface area contributed by atoms with Crippen molar-refractivity contribution in [2.24, 2.45) is 16.7 Å². The van der Waals surface area contributed by atoms with Crippen LogP contribution < -0.4 is 0 Å². The SMILES string of the molecule is CC1(C)C2CCC13CS(=O)(=O)N(C(=O)/C=C/c1ccc(F)c(F)c1)C3C2. The van der Waals surface area contributed by atoms with Gasteiger partial charge in [0.15, 0.2) is 11.6 Å². The molecule has 1 saturated heterocycles. The lowest BCUT2D eigenvalue weighted by Crippen LogP contribution is -2.43.